The molecule has 2 aliphatic rings. The van der Waals surface area contributed by atoms with Crippen LogP contribution < -0.4 is 4.74 Å². The van der Waals surface area contributed by atoms with Gasteiger partial charge < -0.3 is 9.47 Å². The van der Waals surface area contributed by atoms with Crippen molar-refractivity contribution < 1.29 is 23.5 Å². The molecule has 0 saturated heterocycles. The molecule has 5 rings (SSSR count). The van der Waals surface area contributed by atoms with Crippen molar-refractivity contribution in [1.82, 2.24) is 0 Å². The van der Waals surface area contributed by atoms with Crippen LogP contribution in [-0.4, -0.2) is 30.7 Å². The summed E-state index contributed by atoms with van der Waals surface area (Å²) in [4.78, 5) is 31.7. The Morgan fingerprint density at radius 3 is 2.27 bits per heavy atom. The van der Waals surface area contributed by atoms with Gasteiger partial charge in [-0.25, -0.2) is 4.39 Å². The highest BCUT2D eigenvalue weighted by Crippen LogP contribution is 2.46. The van der Waals surface area contributed by atoms with Gasteiger partial charge in [-0.05, 0) is 54.7 Å². The second-order valence-electron chi connectivity index (χ2n) is 9.39. The molecule has 3 aromatic carbocycles. The highest BCUT2D eigenvalue weighted by atomic mass is 19.1. The lowest BCUT2D eigenvalue weighted by molar-refractivity contribution is -0.147. The predicted molar refractivity (Wildman–Crippen MR) is 139 cm³/mol. The average molecular weight is 498 g/mol. The number of nitrogens with zero attached hydrogens (tertiary/aromatic N) is 1. The molecule has 0 saturated carbocycles. The van der Waals surface area contributed by atoms with E-state index in [1.807, 2.05) is 60.7 Å². The number of hydrogen-bond donors (Lipinski definition) is 0. The van der Waals surface area contributed by atoms with Gasteiger partial charge >= 0.3 is 5.97 Å². The molecule has 3 atom stereocenters. The third kappa shape index (κ3) is 5.38. The Hall–Kier alpha value is -4.06. The van der Waals surface area contributed by atoms with Crippen LogP contribution in [0.15, 0.2) is 101 Å². The van der Waals surface area contributed by atoms with E-state index in [0.717, 1.165) is 5.56 Å². The highest BCUT2D eigenvalue weighted by Gasteiger charge is 2.44. The SMILES string of the molecule is CC1=NC2=C(C(=O)C[C@H](c3ccccc3)C2)[C@H](c2ccc(F)cc2)C1C(=O)OCCOc1ccccc1. The van der Waals surface area contributed by atoms with Crippen LogP contribution in [0.5, 0.6) is 5.75 Å². The number of ketones is 1. The second kappa shape index (κ2) is 10.9. The summed E-state index contributed by atoms with van der Waals surface area (Å²) >= 11 is 0. The first-order valence-corrected chi connectivity index (χ1v) is 12.5. The lowest BCUT2D eigenvalue weighted by Crippen LogP contribution is -2.38. The largest absolute Gasteiger partial charge is 0.490 e. The summed E-state index contributed by atoms with van der Waals surface area (Å²) in [6.45, 7) is 2.05. The summed E-state index contributed by atoms with van der Waals surface area (Å²) in [5.41, 5.74) is 3.61. The van der Waals surface area contributed by atoms with E-state index in [1.165, 1.54) is 12.1 Å². The number of ether oxygens (including phenoxy) is 2. The molecule has 1 heterocycles. The summed E-state index contributed by atoms with van der Waals surface area (Å²) in [5.74, 6) is -1.54. The van der Waals surface area contributed by atoms with Crippen LogP contribution in [0.25, 0.3) is 0 Å². The molecule has 0 N–H and O–H groups in total. The molecular weight excluding hydrogens is 469 g/mol. The Bertz CT molecular complexity index is 1330. The van der Waals surface area contributed by atoms with Crippen LogP contribution in [0, 0.1) is 11.7 Å². The fourth-order valence-electron chi connectivity index (χ4n) is 5.26. The zero-order chi connectivity index (χ0) is 25.8. The molecular formula is C31H28FNO4. The second-order valence-corrected chi connectivity index (χ2v) is 9.39. The van der Waals surface area contributed by atoms with Crippen molar-refractivity contribution in [2.24, 2.45) is 10.9 Å². The fraction of sp³-hybridized carbons (Fsp3) is 0.258. The lowest BCUT2D eigenvalue weighted by Gasteiger charge is -2.36. The average Bonchev–Trinajstić information content (AvgIpc) is 2.91. The number of rotatable bonds is 7. The number of Topliss-reactive ketones (excluding diaryl/α,β-unsaturated/α-hetero) is 1. The van der Waals surface area contributed by atoms with E-state index in [4.69, 9.17) is 14.5 Å². The zero-order valence-corrected chi connectivity index (χ0v) is 20.6. The number of aliphatic imine (C=N–C) groups is 1. The van der Waals surface area contributed by atoms with E-state index < -0.39 is 17.8 Å². The monoisotopic (exact) mass is 497 g/mol. The standard InChI is InChI=1S/C31H28FNO4/c1-20-28(31(35)37-17-16-36-25-10-6-3-7-11-25)29(22-12-14-24(32)15-13-22)30-26(33-20)18-23(19-27(30)34)21-8-4-2-5-9-21/h2-15,23,28-29H,16-19H2,1H3/t23-,28?,29-/m1/s1. The predicted octanol–water partition coefficient (Wildman–Crippen LogP) is 6.02. The van der Waals surface area contributed by atoms with Gasteiger partial charge in [0.15, 0.2) is 5.78 Å². The highest BCUT2D eigenvalue weighted by molar-refractivity contribution is 6.09. The number of esters is 1. The van der Waals surface area contributed by atoms with Crippen molar-refractivity contribution in [3.8, 4) is 5.75 Å². The van der Waals surface area contributed by atoms with Crippen LogP contribution in [-0.2, 0) is 14.3 Å². The molecule has 5 nitrogen and oxygen atoms in total. The van der Waals surface area contributed by atoms with Gasteiger partial charge in [0, 0.05) is 29.3 Å². The first kappa shape index (κ1) is 24.6. The minimum absolute atomic E-state index is 0.0245. The van der Waals surface area contributed by atoms with Gasteiger partial charge in [0.2, 0.25) is 0 Å². The molecule has 6 heteroatoms. The van der Waals surface area contributed by atoms with Crippen molar-refractivity contribution in [1.29, 1.82) is 0 Å². The Morgan fingerprint density at radius 2 is 1.57 bits per heavy atom. The van der Waals surface area contributed by atoms with E-state index >= 15 is 0 Å². The van der Waals surface area contributed by atoms with Gasteiger partial charge in [0.1, 0.15) is 30.7 Å². The van der Waals surface area contributed by atoms with Crippen LogP contribution in [0.4, 0.5) is 4.39 Å². The van der Waals surface area contributed by atoms with Gasteiger partial charge in [-0.3, -0.25) is 14.6 Å². The quantitative estimate of drug-likeness (QED) is 0.296. The normalized spacial score (nSPS) is 21.2. The summed E-state index contributed by atoms with van der Waals surface area (Å²) in [5, 5.41) is 0. The molecule has 0 aromatic heterocycles. The molecule has 0 spiro atoms. The summed E-state index contributed by atoms with van der Waals surface area (Å²) in [6, 6.07) is 25.2. The van der Waals surface area contributed by atoms with Crippen molar-refractivity contribution in [3.05, 3.63) is 113 Å². The Kier molecular flexibility index (Phi) is 7.26. The van der Waals surface area contributed by atoms with E-state index in [-0.39, 0.29) is 30.7 Å². The summed E-state index contributed by atoms with van der Waals surface area (Å²) in [6.07, 6.45) is 0.939. The first-order valence-electron chi connectivity index (χ1n) is 12.5. The topological polar surface area (TPSA) is 65.0 Å². The summed E-state index contributed by atoms with van der Waals surface area (Å²) in [7, 11) is 0. The van der Waals surface area contributed by atoms with Crippen LogP contribution in [0.2, 0.25) is 0 Å². The molecule has 1 unspecified atom stereocenters. The molecule has 37 heavy (non-hydrogen) atoms. The van der Waals surface area contributed by atoms with Crippen LogP contribution >= 0.6 is 0 Å². The number of carbonyl (C=O) groups excluding carboxylic acids is 2. The third-order valence-electron chi connectivity index (χ3n) is 6.98. The lowest BCUT2D eigenvalue weighted by atomic mass is 9.69. The van der Waals surface area contributed by atoms with Gasteiger partial charge in [0.05, 0.1) is 0 Å². The summed E-state index contributed by atoms with van der Waals surface area (Å²) < 4.78 is 25.0. The number of benzene rings is 3. The fourth-order valence-corrected chi connectivity index (χ4v) is 5.26. The molecule has 1 aliphatic carbocycles. The Labute approximate surface area is 215 Å². The maximum absolute atomic E-state index is 13.8. The first-order chi connectivity index (χ1) is 18.0. The van der Waals surface area contributed by atoms with Crippen LogP contribution in [0.3, 0.4) is 0 Å². The Morgan fingerprint density at radius 1 is 0.892 bits per heavy atom. The number of carbonyl (C=O) groups is 2. The van der Waals surface area contributed by atoms with Crippen LogP contribution in [0.1, 0.15) is 42.7 Å². The molecule has 0 fully saturated rings. The molecule has 188 valence electrons. The van der Waals surface area contributed by atoms with Gasteiger partial charge in [-0.15, -0.1) is 0 Å². The molecule has 0 amide bonds. The van der Waals surface area contributed by atoms with E-state index in [1.54, 1.807) is 19.1 Å². The van der Waals surface area contributed by atoms with E-state index in [2.05, 4.69) is 0 Å². The van der Waals surface area contributed by atoms with E-state index in [0.29, 0.717) is 41.1 Å². The molecule has 0 radical (unpaired) electrons. The van der Waals surface area contributed by atoms with E-state index in [9.17, 15) is 14.0 Å². The van der Waals surface area contributed by atoms with Crippen molar-refractivity contribution in [3.63, 3.8) is 0 Å². The minimum Gasteiger partial charge on any atom is -0.490 e. The maximum atomic E-state index is 13.8. The van der Waals surface area contributed by atoms with Gasteiger partial charge in [0.25, 0.3) is 0 Å². The van der Waals surface area contributed by atoms with Crippen molar-refractivity contribution >= 4 is 17.5 Å². The molecule has 1 aliphatic heterocycles. The number of halogens is 1. The number of para-hydroxylation sites is 1. The minimum atomic E-state index is -0.779. The van der Waals surface area contributed by atoms with Gasteiger partial charge in [-0.1, -0.05) is 60.7 Å². The molecule has 3 aromatic rings. The zero-order valence-electron chi connectivity index (χ0n) is 20.6. The molecule has 0 bridgehead atoms. The number of allylic oxidation sites excluding steroid dienone is 2. The van der Waals surface area contributed by atoms with Gasteiger partial charge in [-0.2, -0.15) is 0 Å². The van der Waals surface area contributed by atoms with Crippen molar-refractivity contribution in [2.75, 3.05) is 13.2 Å². The van der Waals surface area contributed by atoms with Crippen molar-refractivity contribution in [2.45, 2.75) is 31.6 Å². The smallest absolute Gasteiger partial charge is 0.315 e. The maximum Gasteiger partial charge on any atom is 0.315 e. The third-order valence-corrected chi connectivity index (χ3v) is 6.98. The number of hydrogen-bond acceptors (Lipinski definition) is 5. The Balaban J connectivity index is 1.41.